The van der Waals surface area contributed by atoms with Gasteiger partial charge in [-0.1, -0.05) is 79.7 Å². The lowest BCUT2D eigenvalue weighted by atomic mass is 10.1. The van der Waals surface area contributed by atoms with Gasteiger partial charge in [-0.25, -0.2) is 4.79 Å². The largest absolute Gasteiger partial charge is 0.424 e. The number of hydrogen-bond acceptors (Lipinski definition) is 5. The second kappa shape index (κ2) is 10.2. The number of esters is 1. The van der Waals surface area contributed by atoms with Gasteiger partial charge in [-0.05, 0) is 59.5 Å². The summed E-state index contributed by atoms with van der Waals surface area (Å²) in [6.45, 7) is 3.50. The fourth-order valence-corrected chi connectivity index (χ4v) is 8.69. The number of ether oxygens (including phenoxy) is 1. The molecular weight excluding hydrogens is 495 g/mol. The Labute approximate surface area is 222 Å². The molecule has 4 aromatic carbocycles. The predicted molar refractivity (Wildman–Crippen MR) is 153 cm³/mol. The quantitative estimate of drug-likeness (QED) is 0.166. The molecule has 5 rings (SSSR count). The van der Waals surface area contributed by atoms with Gasteiger partial charge in [0.2, 0.25) is 11.2 Å². The molecule has 1 aliphatic rings. The Morgan fingerprint density at radius 1 is 0.921 bits per heavy atom. The van der Waals surface area contributed by atoms with Crippen LogP contribution in [0.15, 0.2) is 97.1 Å². The lowest BCUT2D eigenvalue weighted by Crippen LogP contribution is -2.54. The summed E-state index contributed by atoms with van der Waals surface area (Å²) in [7, 11) is -3.11. The number of fused-ring (bicyclic) bond motifs is 1. The highest BCUT2D eigenvalue weighted by Crippen LogP contribution is 2.77. The topological polar surface area (TPSA) is 89.7 Å². The molecule has 1 amide bonds. The highest BCUT2D eigenvalue weighted by Gasteiger charge is 2.75. The molecule has 0 spiro atoms. The second-order valence-corrected chi connectivity index (χ2v) is 13.1. The molecule has 1 saturated heterocycles. The van der Waals surface area contributed by atoms with Crippen molar-refractivity contribution in [1.82, 2.24) is 0 Å². The first kappa shape index (κ1) is 25.9. The standard InChI is InChI=1S/C31H31N2O4P/c1-3-19-38(36)21-31(38,30(35)37-28-17-14-25(15-18-28)23-9-5-4-6-10-23)33(29(34)22(2)32)27-16-13-24-11-7-8-12-26(24)20-27/h4-18,20,22H,3,19,21,32H2,1-2H3/t22-,31+,38?/m0/s1. The third-order valence-electron chi connectivity index (χ3n) is 7.10. The molecule has 7 heteroatoms. The Bertz CT molecular complexity index is 1530. The van der Waals surface area contributed by atoms with Crippen LogP contribution >= 0.6 is 7.14 Å². The third-order valence-corrected chi connectivity index (χ3v) is 10.7. The minimum absolute atomic E-state index is 0.0695. The van der Waals surface area contributed by atoms with E-state index in [0.717, 1.165) is 21.9 Å². The molecule has 2 N–H and O–H groups in total. The van der Waals surface area contributed by atoms with Crippen LogP contribution in [0.2, 0.25) is 0 Å². The predicted octanol–water partition coefficient (Wildman–Crippen LogP) is 6.28. The highest BCUT2D eigenvalue weighted by atomic mass is 31.2. The van der Waals surface area contributed by atoms with Gasteiger partial charge in [-0.15, -0.1) is 0 Å². The van der Waals surface area contributed by atoms with Crippen LogP contribution in [-0.4, -0.2) is 35.5 Å². The minimum Gasteiger partial charge on any atom is -0.424 e. The van der Waals surface area contributed by atoms with Gasteiger partial charge in [0.25, 0.3) is 0 Å². The van der Waals surface area contributed by atoms with E-state index in [-0.39, 0.29) is 6.16 Å². The van der Waals surface area contributed by atoms with Gasteiger partial charge in [0.1, 0.15) is 12.9 Å². The molecule has 0 aromatic heterocycles. The summed E-state index contributed by atoms with van der Waals surface area (Å²) in [4.78, 5) is 28.9. The summed E-state index contributed by atoms with van der Waals surface area (Å²) < 4.78 is 20.0. The monoisotopic (exact) mass is 526 g/mol. The number of hydrogen-bond donors (Lipinski definition) is 1. The molecular formula is C31H31N2O4P. The summed E-state index contributed by atoms with van der Waals surface area (Å²) in [5.41, 5.74) is 8.57. The summed E-state index contributed by atoms with van der Waals surface area (Å²) in [6.07, 6.45) is 1.03. The van der Waals surface area contributed by atoms with E-state index in [1.807, 2.05) is 85.8 Å². The van der Waals surface area contributed by atoms with Crippen LogP contribution in [0, 0.1) is 0 Å². The van der Waals surface area contributed by atoms with Gasteiger partial charge in [0.15, 0.2) is 0 Å². The van der Waals surface area contributed by atoms with E-state index >= 15 is 0 Å². The molecule has 1 heterocycles. The number of carbonyl (C=O) groups is 2. The molecule has 0 bridgehead atoms. The van der Waals surface area contributed by atoms with Crippen LogP contribution in [0.4, 0.5) is 5.69 Å². The Morgan fingerprint density at radius 3 is 2.21 bits per heavy atom. The molecule has 1 fully saturated rings. The van der Waals surface area contributed by atoms with Crippen molar-refractivity contribution in [2.75, 3.05) is 17.2 Å². The van der Waals surface area contributed by atoms with Crippen molar-refractivity contribution < 1.29 is 18.9 Å². The van der Waals surface area contributed by atoms with Crippen LogP contribution in [-0.2, 0) is 14.2 Å². The van der Waals surface area contributed by atoms with E-state index in [2.05, 4.69) is 0 Å². The Morgan fingerprint density at radius 2 is 1.55 bits per heavy atom. The number of carbonyl (C=O) groups excluding carboxylic acids is 2. The number of amides is 1. The lowest BCUT2D eigenvalue weighted by molar-refractivity contribution is -0.137. The van der Waals surface area contributed by atoms with Crippen molar-refractivity contribution >= 4 is 35.5 Å². The minimum atomic E-state index is -3.11. The molecule has 0 saturated carbocycles. The molecule has 1 aliphatic heterocycles. The van der Waals surface area contributed by atoms with Crippen LogP contribution in [0.3, 0.4) is 0 Å². The molecule has 1 unspecified atom stereocenters. The maximum Gasteiger partial charge on any atom is 0.346 e. The number of nitrogens with two attached hydrogens (primary N) is 1. The third kappa shape index (κ3) is 4.55. The van der Waals surface area contributed by atoms with Crippen LogP contribution in [0.25, 0.3) is 21.9 Å². The van der Waals surface area contributed by atoms with Gasteiger partial charge in [0.05, 0.1) is 6.04 Å². The SMILES string of the molecule is CCCP1(=O)C[C@@]1(C(=O)Oc1ccc(-c2ccccc2)cc1)N(C(=O)[C@H](C)N)c1ccc2ccccc2c1. The van der Waals surface area contributed by atoms with E-state index in [4.69, 9.17) is 10.5 Å². The number of nitrogens with zero attached hydrogens (tertiary/aromatic N) is 1. The van der Waals surface area contributed by atoms with E-state index in [1.54, 1.807) is 25.1 Å². The van der Waals surface area contributed by atoms with Crippen molar-refractivity contribution in [3.8, 4) is 16.9 Å². The van der Waals surface area contributed by atoms with E-state index < -0.39 is 30.3 Å². The first-order valence-electron chi connectivity index (χ1n) is 12.8. The lowest BCUT2D eigenvalue weighted by Gasteiger charge is -2.32. The summed E-state index contributed by atoms with van der Waals surface area (Å²) in [6, 6.07) is 29.4. The van der Waals surface area contributed by atoms with E-state index in [9.17, 15) is 14.2 Å². The zero-order valence-electron chi connectivity index (χ0n) is 21.5. The normalized spacial score (nSPS) is 21.0. The molecule has 4 aromatic rings. The maximum absolute atomic E-state index is 14.1. The summed E-state index contributed by atoms with van der Waals surface area (Å²) in [5, 5.41) is 0.305. The molecule has 38 heavy (non-hydrogen) atoms. The Balaban J connectivity index is 1.54. The maximum atomic E-state index is 14.1. The molecule has 6 nitrogen and oxygen atoms in total. The van der Waals surface area contributed by atoms with Crippen molar-refractivity contribution in [3.05, 3.63) is 97.1 Å². The zero-order chi connectivity index (χ0) is 26.9. The number of anilines is 1. The van der Waals surface area contributed by atoms with Gasteiger partial charge < -0.3 is 15.0 Å². The van der Waals surface area contributed by atoms with Crippen LogP contribution in [0.1, 0.15) is 20.3 Å². The first-order chi connectivity index (χ1) is 18.3. The second-order valence-electron chi connectivity index (χ2n) is 9.86. The summed E-state index contributed by atoms with van der Waals surface area (Å²) in [5.74, 6) is -0.829. The van der Waals surface area contributed by atoms with Crippen LogP contribution in [0.5, 0.6) is 5.75 Å². The number of rotatable bonds is 8. The number of benzene rings is 4. The fourth-order valence-electron chi connectivity index (χ4n) is 5.10. The van der Waals surface area contributed by atoms with Gasteiger partial charge in [0, 0.05) is 18.0 Å². The molecule has 3 atom stereocenters. The zero-order valence-corrected chi connectivity index (χ0v) is 22.4. The van der Waals surface area contributed by atoms with E-state index in [0.29, 0.717) is 24.0 Å². The van der Waals surface area contributed by atoms with Crippen molar-refractivity contribution in [1.29, 1.82) is 0 Å². The average molecular weight is 527 g/mol. The van der Waals surface area contributed by atoms with Gasteiger partial charge in [-0.3, -0.25) is 9.69 Å². The Kier molecular flexibility index (Phi) is 6.95. The first-order valence-corrected chi connectivity index (χ1v) is 14.9. The fraction of sp³-hybridized carbons (Fsp3) is 0.226. The molecule has 0 radical (unpaired) electrons. The average Bonchev–Trinajstić information content (AvgIpc) is 3.54. The van der Waals surface area contributed by atoms with Gasteiger partial charge >= 0.3 is 5.97 Å². The van der Waals surface area contributed by atoms with Crippen molar-refractivity contribution in [3.63, 3.8) is 0 Å². The Hall–Kier alpha value is -3.73. The van der Waals surface area contributed by atoms with Gasteiger partial charge in [-0.2, -0.15) is 0 Å². The summed E-state index contributed by atoms with van der Waals surface area (Å²) >= 11 is 0. The van der Waals surface area contributed by atoms with Crippen LogP contribution < -0.4 is 15.4 Å². The smallest absolute Gasteiger partial charge is 0.346 e. The highest BCUT2D eigenvalue weighted by molar-refractivity contribution is 7.75. The van der Waals surface area contributed by atoms with Crippen molar-refractivity contribution in [2.45, 2.75) is 31.6 Å². The molecule has 0 aliphatic carbocycles. The van der Waals surface area contributed by atoms with E-state index in [1.165, 1.54) is 4.90 Å². The molecule has 194 valence electrons. The van der Waals surface area contributed by atoms with Crippen molar-refractivity contribution in [2.24, 2.45) is 5.73 Å².